The Hall–Kier alpha value is -4.05. The lowest BCUT2D eigenvalue weighted by Gasteiger charge is -2.35. The number of urea groups is 1. The summed E-state index contributed by atoms with van der Waals surface area (Å²) in [6.07, 6.45) is 3.18. The van der Waals surface area contributed by atoms with E-state index in [1.54, 1.807) is 9.80 Å². The minimum atomic E-state index is -3.39. The highest BCUT2D eigenvalue weighted by atomic mass is 32.2. The third-order valence-corrected chi connectivity index (χ3v) is 10.0. The monoisotopic (exact) mass is 728 g/mol. The summed E-state index contributed by atoms with van der Waals surface area (Å²) in [6.45, 7) is 5.81. The van der Waals surface area contributed by atoms with Crippen LogP contribution in [0.2, 0.25) is 0 Å². The van der Waals surface area contributed by atoms with Crippen molar-refractivity contribution in [2.24, 2.45) is 17.4 Å². The maximum absolute atomic E-state index is 14.0. The molecule has 0 spiro atoms. The second-order valence-corrected chi connectivity index (χ2v) is 15.4. The van der Waals surface area contributed by atoms with Crippen LogP contribution in [0.15, 0.2) is 60.7 Å². The Balaban J connectivity index is 1.80. The topological polar surface area (TPSA) is 200 Å². The molecule has 3 atom stereocenters. The van der Waals surface area contributed by atoms with Crippen molar-refractivity contribution >= 4 is 33.8 Å². The summed E-state index contributed by atoms with van der Waals surface area (Å²) in [6, 6.07) is 15.4. The zero-order valence-electron chi connectivity index (χ0n) is 30.1. The first kappa shape index (κ1) is 41.4. The van der Waals surface area contributed by atoms with Crippen LogP contribution in [0.5, 0.6) is 0 Å². The molecule has 5 amide bonds. The number of hydrogen-bond donors (Lipinski definition) is 5. The molecule has 0 radical (unpaired) electrons. The molecular weight excluding hydrogens is 673 g/mol. The molecule has 1 heterocycles. The molecular formula is C36H56N8O6S. The number of hydrogen-bond acceptors (Lipinski definition) is 8. The smallest absolute Gasteiger partial charge is 0.318 e. The summed E-state index contributed by atoms with van der Waals surface area (Å²) in [5, 5.41) is 8.66. The van der Waals surface area contributed by atoms with Crippen LogP contribution in [0.4, 0.5) is 4.79 Å². The van der Waals surface area contributed by atoms with E-state index in [2.05, 4.69) is 16.0 Å². The quantitative estimate of drug-likeness (QED) is 0.132. The van der Waals surface area contributed by atoms with E-state index in [1.165, 1.54) is 4.31 Å². The van der Waals surface area contributed by atoms with E-state index in [1.807, 2.05) is 74.5 Å². The summed E-state index contributed by atoms with van der Waals surface area (Å²) in [5.41, 5.74) is 13.3. The predicted molar refractivity (Wildman–Crippen MR) is 198 cm³/mol. The third kappa shape index (κ3) is 13.9. The molecule has 0 bridgehead atoms. The lowest BCUT2D eigenvalue weighted by molar-refractivity contribution is -0.138. The highest BCUT2D eigenvalue weighted by Gasteiger charge is 2.34. The van der Waals surface area contributed by atoms with Crippen molar-refractivity contribution in [3.8, 4) is 0 Å². The number of amides is 5. The average Bonchev–Trinajstić information content (AvgIpc) is 3.10. The minimum absolute atomic E-state index is 0.00425. The van der Waals surface area contributed by atoms with E-state index in [-0.39, 0.29) is 63.9 Å². The molecule has 1 aliphatic rings. The molecule has 3 rings (SSSR count). The number of rotatable bonds is 19. The molecule has 0 saturated carbocycles. The average molecular weight is 729 g/mol. The van der Waals surface area contributed by atoms with Gasteiger partial charge in [0.25, 0.3) is 0 Å². The fraction of sp³-hybridized carbons (Fsp3) is 0.556. The lowest BCUT2D eigenvalue weighted by Crippen LogP contribution is -2.59. The number of carbonyl (C=O) groups is 4. The van der Waals surface area contributed by atoms with Gasteiger partial charge in [-0.2, -0.15) is 4.31 Å². The molecule has 1 aliphatic heterocycles. The van der Waals surface area contributed by atoms with Gasteiger partial charge in [0, 0.05) is 52.2 Å². The van der Waals surface area contributed by atoms with Crippen LogP contribution in [0, 0.1) is 5.92 Å². The van der Waals surface area contributed by atoms with Crippen LogP contribution in [0.25, 0.3) is 0 Å². The second kappa shape index (κ2) is 20.7. The summed E-state index contributed by atoms with van der Waals surface area (Å²) in [5.74, 6) is -1.36. The Labute approximate surface area is 302 Å². The van der Waals surface area contributed by atoms with Crippen molar-refractivity contribution in [3.63, 3.8) is 0 Å². The molecule has 14 nitrogen and oxygen atoms in total. The first-order chi connectivity index (χ1) is 24.3. The van der Waals surface area contributed by atoms with Crippen molar-refractivity contribution in [2.45, 2.75) is 70.6 Å². The van der Waals surface area contributed by atoms with E-state index in [9.17, 15) is 27.6 Å². The number of unbranched alkanes of at least 4 members (excludes halogenated alkanes) is 1. The Morgan fingerprint density at radius 3 is 1.88 bits per heavy atom. The Morgan fingerprint density at radius 1 is 0.765 bits per heavy atom. The maximum atomic E-state index is 14.0. The number of piperazine rings is 1. The third-order valence-electron chi connectivity index (χ3n) is 8.72. The second-order valence-electron chi connectivity index (χ2n) is 13.4. The van der Waals surface area contributed by atoms with Crippen LogP contribution in [-0.2, 0) is 37.4 Å². The highest BCUT2D eigenvalue weighted by molar-refractivity contribution is 7.88. The zero-order chi connectivity index (χ0) is 37.4. The number of nitrogens with two attached hydrogens (primary N) is 2. The van der Waals surface area contributed by atoms with Crippen molar-refractivity contribution < 1.29 is 27.6 Å². The largest absolute Gasteiger partial charge is 0.343 e. The molecule has 15 heteroatoms. The normalized spacial score (nSPS) is 15.5. The van der Waals surface area contributed by atoms with Crippen LogP contribution < -0.4 is 27.4 Å². The SMILES string of the molecule is CC(C)C[C@@H](NC(=O)[C@@H](Cc1ccccc1)NC(=O)N(CCN)Cc1ccccc1)C(=O)N[C@H](CCCCN)C(=O)N1CCN(S(C)(=O)=O)CC1. The Morgan fingerprint density at radius 2 is 1.33 bits per heavy atom. The number of nitrogens with zero attached hydrogens (tertiary/aromatic N) is 3. The minimum Gasteiger partial charge on any atom is -0.343 e. The van der Waals surface area contributed by atoms with Crippen molar-refractivity contribution in [2.75, 3.05) is 52.1 Å². The van der Waals surface area contributed by atoms with Gasteiger partial charge < -0.3 is 37.2 Å². The van der Waals surface area contributed by atoms with Gasteiger partial charge in [0.05, 0.1) is 6.26 Å². The van der Waals surface area contributed by atoms with Crippen LogP contribution >= 0.6 is 0 Å². The van der Waals surface area contributed by atoms with Gasteiger partial charge in [-0.25, -0.2) is 13.2 Å². The van der Waals surface area contributed by atoms with Gasteiger partial charge in [0.15, 0.2) is 0 Å². The van der Waals surface area contributed by atoms with Gasteiger partial charge in [-0.1, -0.05) is 74.5 Å². The highest BCUT2D eigenvalue weighted by Crippen LogP contribution is 2.14. The molecule has 2 aromatic carbocycles. The number of carbonyl (C=O) groups excluding carboxylic acids is 4. The first-order valence-corrected chi connectivity index (χ1v) is 19.5. The summed E-state index contributed by atoms with van der Waals surface area (Å²) >= 11 is 0. The molecule has 7 N–H and O–H groups in total. The molecule has 282 valence electrons. The summed E-state index contributed by atoms with van der Waals surface area (Å²) in [7, 11) is -3.39. The number of benzene rings is 2. The number of sulfonamides is 1. The van der Waals surface area contributed by atoms with Gasteiger partial charge in [-0.15, -0.1) is 0 Å². The Bertz CT molecular complexity index is 1500. The van der Waals surface area contributed by atoms with Gasteiger partial charge in [0.1, 0.15) is 18.1 Å². The lowest BCUT2D eigenvalue weighted by atomic mass is 10.00. The Kier molecular flexibility index (Phi) is 16.8. The predicted octanol–water partition coefficient (Wildman–Crippen LogP) is 1.02. The summed E-state index contributed by atoms with van der Waals surface area (Å²) in [4.78, 5) is 58.4. The molecule has 1 fully saturated rings. The molecule has 0 aliphatic carbocycles. The number of nitrogens with one attached hydrogen (secondary N) is 3. The first-order valence-electron chi connectivity index (χ1n) is 17.7. The van der Waals surface area contributed by atoms with Crippen LogP contribution in [0.1, 0.15) is 50.7 Å². The fourth-order valence-corrected chi connectivity index (χ4v) is 6.80. The standard InChI is InChI=1S/C36H56N8O6S/c1-27(2)24-31(33(45)39-30(16-10-11-17-37)35(47)42-20-22-44(23-21-42)51(3,49)50)40-34(46)32(25-28-12-6-4-7-13-28)41-36(48)43(19-18-38)26-29-14-8-5-9-15-29/h4-9,12-15,27,30-32H,10-11,16-26,37-38H2,1-3H3,(H,39,45)(H,40,46)(H,41,48)/t30-,31-,32-/m1/s1. The summed E-state index contributed by atoms with van der Waals surface area (Å²) < 4.78 is 25.3. The van der Waals surface area contributed by atoms with Crippen molar-refractivity contribution in [3.05, 3.63) is 71.8 Å². The van der Waals surface area contributed by atoms with Crippen molar-refractivity contribution in [1.82, 2.24) is 30.1 Å². The van der Waals surface area contributed by atoms with Gasteiger partial charge in [0.2, 0.25) is 27.7 Å². The molecule has 0 unspecified atom stereocenters. The van der Waals surface area contributed by atoms with Gasteiger partial charge >= 0.3 is 6.03 Å². The fourth-order valence-electron chi connectivity index (χ4n) is 5.97. The molecule has 0 aromatic heterocycles. The van der Waals surface area contributed by atoms with Crippen molar-refractivity contribution in [1.29, 1.82) is 0 Å². The van der Waals surface area contributed by atoms with E-state index in [0.29, 0.717) is 32.4 Å². The van der Waals surface area contributed by atoms with Gasteiger partial charge in [-0.3, -0.25) is 14.4 Å². The van der Waals surface area contributed by atoms with Crippen LogP contribution in [0.3, 0.4) is 0 Å². The molecule has 1 saturated heterocycles. The van der Waals surface area contributed by atoms with E-state index >= 15 is 0 Å². The molecule has 51 heavy (non-hydrogen) atoms. The van der Waals surface area contributed by atoms with E-state index < -0.39 is 46.0 Å². The zero-order valence-corrected chi connectivity index (χ0v) is 30.9. The van der Waals surface area contributed by atoms with Crippen LogP contribution in [-0.4, -0.2) is 116 Å². The van der Waals surface area contributed by atoms with Gasteiger partial charge in [-0.05, 0) is 49.3 Å². The van der Waals surface area contributed by atoms with E-state index in [0.717, 1.165) is 17.4 Å². The molecule has 2 aromatic rings. The van der Waals surface area contributed by atoms with E-state index in [4.69, 9.17) is 11.5 Å². The maximum Gasteiger partial charge on any atom is 0.318 e.